The average Bonchev–Trinajstić information content (AvgIpc) is 3.43. The van der Waals surface area contributed by atoms with E-state index in [9.17, 15) is 18.7 Å². The lowest BCUT2D eigenvalue weighted by Crippen LogP contribution is -2.42. The predicted molar refractivity (Wildman–Crippen MR) is 137 cm³/mol. The number of halogens is 2. The van der Waals surface area contributed by atoms with Crippen molar-refractivity contribution in [2.45, 2.75) is 38.5 Å². The highest BCUT2D eigenvalue weighted by Crippen LogP contribution is 2.31. The number of anilines is 1. The number of urea groups is 1. The summed E-state index contributed by atoms with van der Waals surface area (Å²) in [4.78, 5) is 22.6. The van der Waals surface area contributed by atoms with Crippen LogP contribution in [-0.2, 0) is 9.57 Å². The molecule has 0 radical (unpaired) electrons. The minimum Gasteiger partial charge on any atom is -0.473 e. The fraction of sp³-hybridized carbons (Fsp3) is 0.423. The second kappa shape index (κ2) is 12.0. The molecule has 0 spiro atoms. The van der Waals surface area contributed by atoms with E-state index in [0.29, 0.717) is 30.2 Å². The fourth-order valence-corrected chi connectivity index (χ4v) is 4.01. The molecule has 39 heavy (non-hydrogen) atoms. The molecule has 0 aliphatic carbocycles. The number of aliphatic hydroxyl groups is 1. The molecule has 2 aromatic heterocycles. The molecule has 1 aliphatic rings. The van der Waals surface area contributed by atoms with Crippen molar-refractivity contribution in [2.75, 3.05) is 38.7 Å². The summed E-state index contributed by atoms with van der Waals surface area (Å²) in [5.41, 5.74) is 0.403. The monoisotopic (exact) mass is 546 g/mol. The molecular weight excluding hydrogens is 514 g/mol. The maximum absolute atomic E-state index is 13.9. The van der Waals surface area contributed by atoms with Gasteiger partial charge in [-0.3, -0.25) is 10.2 Å². The Bertz CT molecular complexity index is 1280. The molecule has 1 aromatic carbocycles. The van der Waals surface area contributed by atoms with E-state index in [-0.39, 0.29) is 24.6 Å². The number of pyridine rings is 1. The Labute approximate surface area is 224 Å². The van der Waals surface area contributed by atoms with Crippen LogP contribution in [0, 0.1) is 18.7 Å². The third-order valence-electron chi connectivity index (χ3n) is 5.91. The number of para-hydroxylation sites is 1. The number of amides is 2. The number of hydroxylamine groups is 2. The van der Waals surface area contributed by atoms with E-state index in [1.165, 1.54) is 10.9 Å². The van der Waals surface area contributed by atoms with Crippen molar-refractivity contribution in [3.63, 3.8) is 0 Å². The quantitative estimate of drug-likeness (QED) is 0.332. The number of benzene rings is 1. The number of carbonyl (C=O) groups is 1. The van der Waals surface area contributed by atoms with Crippen molar-refractivity contribution in [2.24, 2.45) is 0 Å². The molecule has 4 rings (SSSR count). The van der Waals surface area contributed by atoms with Gasteiger partial charge in [-0.1, -0.05) is 18.2 Å². The van der Waals surface area contributed by atoms with Gasteiger partial charge in [-0.25, -0.2) is 18.9 Å². The van der Waals surface area contributed by atoms with Crippen molar-refractivity contribution < 1.29 is 33.0 Å². The van der Waals surface area contributed by atoms with Crippen molar-refractivity contribution in [3.05, 3.63) is 65.5 Å². The maximum Gasteiger partial charge on any atom is 0.320 e. The number of hydrogen-bond donors (Lipinski definition) is 3. The number of nitrogens with one attached hydrogen (secondary N) is 2. The molecule has 3 aromatic rings. The molecule has 11 nitrogen and oxygen atoms in total. The summed E-state index contributed by atoms with van der Waals surface area (Å²) in [5, 5.41) is 21.9. The smallest absolute Gasteiger partial charge is 0.320 e. The van der Waals surface area contributed by atoms with E-state index in [0.717, 1.165) is 6.07 Å². The van der Waals surface area contributed by atoms with E-state index in [1.54, 1.807) is 32.9 Å². The zero-order valence-electron chi connectivity index (χ0n) is 22.1. The van der Waals surface area contributed by atoms with Crippen LogP contribution < -0.4 is 15.4 Å². The summed E-state index contributed by atoms with van der Waals surface area (Å²) >= 11 is 0. The molecule has 2 atom stereocenters. The molecule has 1 aliphatic heterocycles. The van der Waals surface area contributed by atoms with E-state index in [2.05, 4.69) is 20.7 Å². The Balaban J connectivity index is 1.57. The minimum absolute atomic E-state index is 0.00799. The molecule has 3 N–H and O–H groups in total. The van der Waals surface area contributed by atoms with Crippen molar-refractivity contribution in [1.82, 2.24) is 25.1 Å². The van der Waals surface area contributed by atoms with E-state index in [1.807, 2.05) is 30.3 Å². The van der Waals surface area contributed by atoms with Crippen LogP contribution in [0.25, 0.3) is 5.69 Å². The Morgan fingerprint density at radius 2 is 2.03 bits per heavy atom. The molecular formula is C26H32F2N6O5. The molecule has 1 fully saturated rings. The average molecular weight is 547 g/mol. The van der Waals surface area contributed by atoms with Gasteiger partial charge in [0.05, 0.1) is 29.5 Å². The number of methoxy groups -OCH3 is 1. The van der Waals surface area contributed by atoms with Gasteiger partial charge in [0.25, 0.3) is 0 Å². The first-order valence-corrected chi connectivity index (χ1v) is 12.3. The van der Waals surface area contributed by atoms with E-state index >= 15 is 0 Å². The van der Waals surface area contributed by atoms with Gasteiger partial charge in [0.15, 0.2) is 5.82 Å². The SMILES string of the molecule is COCCN1C[C@@H](NC(=O)Nc2c(C)c(OCC(C)(C)O)nn2-c2ccccc2)[C@H](c2cnc(F)c(F)c2)O1. The van der Waals surface area contributed by atoms with E-state index in [4.69, 9.17) is 14.3 Å². The highest BCUT2D eigenvalue weighted by atomic mass is 19.2. The summed E-state index contributed by atoms with van der Waals surface area (Å²) in [6, 6.07) is 8.95. The molecule has 1 saturated heterocycles. The molecule has 3 heterocycles. The molecule has 210 valence electrons. The van der Waals surface area contributed by atoms with Gasteiger partial charge in [-0.15, -0.1) is 5.10 Å². The Hall–Kier alpha value is -3.65. The van der Waals surface area contributed by atoms with Gasteiger partial charge in [0.1, 0.15) is 18.5 Å². The maximum atomic E-state index is 13.9. The molecule has 0 saturated carbocycles. The molecule has 2 amide bonds. The van der Waals surface area contributed by atoms with Crippen LogP contribution in [0.5, 0.6) is 5.88 Å². The lowest BCUT2D eigenvalue weighted by molar-refractivity contribution is -0.154. The standard InChI is InChI=1S/C26H32F2N6O5/c1-16-23(34(18-8-6-5-7-9-18)32-24(16)38-15-26(2,3)36)31-25(35)30-20-14-33(10-11-37-4)39-21(20)17-12-19(27)22(28)29-13-17/h5-9,12-13,20-21,36H,10-11,14-15H2,1-4H3,(H2,30,31,35)/t20-,21+/m1/s1. The van der Waals surface area contributed by atoms with Crippen molar-refractivity contribution >= 4 is 11.8 Å². The zero-order valence-corrected chi connectivity index (χ0v) is 22.1. The first-order chi connectivity index (χ1) is 18.6. The minimum atomic E-state index is -1.22. The lowest BCUT2D eigenvalue weighted by atomic mass is 10.0. The van der Waals surface area contributed by atoms with Crippen LogP contribution >= 0.6 is 0 Å². The van der Waals surface area contributed by atoms with Crippen LogP contribution in [0.1, 0.15) is 31.1 Å². The number of hydrogen-bond acceptors (Lipinski definition) is 8. The van der Waals surface area contributed by atoms with Gasteiger partial charge in [0.2, 0.25) is 11.8 Å². The van der Waals surface area contributed by atoms with Crippen LogP contribution in [0.3, 0.4) is 0 Å². The summed E-state index contributed by atoms with van der Waals surface area (Å²) < 4.78 is 39.8. The van der Waals surface area contributed by atoms with Gasteiger partial charge in [0, 0.05) is 32.0 Å². The highest BCUT2D eigenvalue weighted by molar-refractivity contribution is 5.90. The number of rotatable bonds is 10. The summed E-state index contributed by atoms with van der Waals surface area (Å²) in [5.74, 6) is -1.74. The summed E-state index contributed by atoms with van der Waals surface area (Å²) in [6.07, 6.45) is 0.358. The molecule has 0 unspecified atom stereocenters. The van der Waals surface area contributed by atoms with Gasteiger partial charge < -0.3 is 19.9 Å². The molecule has 13 heteroatoms. The fourth-order valence-electron chi connectivity index (χ4n) is 4.01. The van der Waals surface area contributed by atoms with Crippen LogP contribution in [0.15, 0.2) is 42.6 Å². The van der Waals surface area contributed by atoms with Crippen molar-refractivity contribution in [1.29, 1.82) is 0 Å². The van der Waals surface area contributed by atoms with Gasteiger partial charge >= 0.3 is 6.03 Å². The van der Waals surface area contributed by atoms with Crippen LogP contribution in [0.4, 0.5) is 19.4 Å². The number of aromatic nitrogens is 3. The molecule has 0 bridgehead atoms. The largest absolute Gasteiger partial charge is 0.473 e. The Morgan fingerprint density at radius 3 is 2.69 bits per heavy atom. The predicted octanol–water partition coefficient (Wildman–Crippen LogP) is 3.13. The zero-order chi connectivity index (χ0) is 28.2. The second-order valence-electron chi connectivity index (χ2n) is 9.78. The van der Waals surface area contributed by atoms with Crippen LogP contribution in [-0.4, -0.2) is 76.0 Å². The first-order valence-electron chi connectivity index (χ1n) is 12.3. The third kappa shape index (κ3) is 7.06. The summed E-state index contributed by atoms with van der Waals surface area (Å²) in [6.45, 7) is 5.98. The lowest BCUT2D eigenvalue weighted by Gasteiger charge is -2.19. The van der Waals surface area contributed by atoms with E-state index < -0.39 is 35.5 Å². The van der Waals surface area contributed by atoms with Crippen LogP contribution in [0.2, 0.25) is 0 Å². The Kier molecular flexibility index (Phi) is 8.75. The normalized spacial score (nSPS) is 17.8. The number of nitrogens with zero attached hydrogens (tertiary/aromatic N) is 4. The topological polar surface area (TPSA) is 123 Å². The summed E-state index contributed by atoms with van der Waals surface area (Å²) in [7, 11) is 1.55. The van der Waals surface area contributed by atoms with Gasteiger partial charge in [-0.2, -0.15) is 9.45 Å². The first kappa shape index (κ1) is 28.4. The van der Waals surface area contributed by atoms with Gasteiger partial charge in [-0.05, 0) is 39.0 Å². The number of carbonyl (C=O) groups excluding carboxylic acids is 1. The second-order valence-corrected chi connectivity index (χ2v) is 9.78. The third-order valence-corrected chi connectivity index (χ3v) is 5.91. The highest BCUT2D eigenvalue weighted by Gasteiger charge is 2.37. The van der Waals surface area contributed by atoms with Crippen molar-refractivity contribution in [3.8, 4) is 11.6 Å². The Morgan fingerprint density at radius 1 is 1.28 bits per heavy atom. The number of ether oxygens (including phenoxy) is 2.